The Hall–Kier alpha value is -1.18. The SMILES string of the molecule is CC(C)CC(C)c1c(N)cccc1N. The van der Waals surface area contributed by atoms with E-state index in [0.717, 1.165) is 23.4 Å². The topological polar surface area (TPSA) is 52.0 Å². The molecule has 78 valence electrons. The Morgan fingerprint density at radius 1 is 1.07 bits per heavy atom. The van der Waals surface area contributed by atoms with Crippen LogP contribution in [0.3, 0.4) is 0 Å². The van der Waals surface area contributed by atoms with Crippen LogP contribution in [0.2, 0.25) is 0 Å². The van der Waals surface area contributed by atoms with Crippen molar-refractivity contribution in [2.75, 3.05) is 11.5 Å². The van der Waals surface area contributed by atoms with Gasteiger partial charge >= 0.3 is 0 Å². The fraction of sp³-hybridized carbons (Fsp3) is 0.500. The molecule has 14 heavy (non-hydrogen) atoms. The summed E-state index contributed by atoms with van der Waals surface area (Å²) in [6.07, 6.45) is 1.12. The van der Waals surface area contributed by atoms with Crippen LogP contribution in [0.5, 0.6) is 0 Å². The van der Waals surface area contributed by atoms with Gasteiger partial charge in [0.15, 0.2) is 0 Å². The Morgan fingerprint density at radius 2 is 1.57 bits per heavy atom. The molecule has 0 bridgehead atoms. The highest BCUT2D eigenvalue weighted by atomic mass is 14.6. The van der Waals surface area contributed by atoms with Crippen LogP contribution in [-0.2, 0) is 0 Å². The number of nitrogens with two attached hydrogens (primary N) is 2. The second kappa shape index (κ2) is 4.36. The van der Waals surface area contributed by atoms with Crippen molar-refractivity contribution in [1.82, 2.24) is 0 Å². The van der Waals surface area contributed by atoms with E-state index in [2.05, 4.69) is 20.8 Å². The summed E-state index contributed by atoms with van der Waals surface area (Å²) in [5.74, 6) is 1.11. The summed E-state index contributed by atoms with van der Waals surface area (Å²) in [5, 5.41) is 0. The van der Waals surface area contributed by atoms with E-state index in [1.54, 1.807) is 0 Å². The molecule has 0 saturated heterocycles. The molecule has 0 aliphatic heterocycles. The number of hydrogen-bond donors (Lipinski definition) is 2. The summed E-state index contributed by atoms with van der Waals surface area (Å²) in [5.41, 5.74) is 14.6. The van der Waals surface area contributed by atoms with Gasteiger partial charge in [0.25, 0.3) is 0 Å². The van der Waals surface area contributed by atoms with Crippen LogP contribution in [0.4, 0.5) is 11.4 Å². The molecule has 2 heteroatoms. The minimum Gasteiger partial charge on any atom is -0.398 e. The third-order valence-electron chi connectivity index (χ3n) is 2.49. The lowest BCUT2D eigenvalue weighted by Crippen LogP contribution is -2.06. The largest absolute Gasteiger partial charge is 0.398 e. The summed E-state index contributed by atoms with van der Waals surface area (Å²) in [6.45, 7) is 6.61. The first-order valence-electron chi connectivity index (χ1n) is 5.16. The lowest BCUT2D eigenvalue weighted by Gasteiger charge is -2.18. The van der Waals surface area contributed by atoms with E-state index in [0.29, 0.717) is 11.8 Å². The normalized spacial score (nSPS) is 13.1. The maximum Gasteiger partial charge on any atom is 0.0370 e. The zero-order valence-corrected chi connectivity index (χ0v) is 9.25. The van der Waals surface area contributed by atoms with E-state index in [1.165, 1.54) is 0 Å². The molecule has 0 spiro atoms. The van der Waals surface area contributed by atoms with Crippen molar-refractivity contribution in [3.63, 3.8) is 0 Å². The summed E-state index contributed by atoms with van der Waals surface area (Å²) >= 11 is 0. The Kier molecular flexibility index (Phi) is 3.39. The zero-order valence-electron chi connectivity index (χ0n) is 9.25. The molecule has 0 aliphatic carbocycles. The molecule has 0 fully saturated rings. The quantitative estimate of drug-likeness (QED) is 0.723. The third kappa shape index (κ3) is 2.41. The molecule has 0 aliphatic rings. The van der Waals surface area contributed by atoms with Crippen LogP contribution in [0.25, 0.3) is 0 Å². The highest BCUT2D eigenvalue weighted by Gasteiger charge is 2.13. The van der Waals surface area contributed by atoms with E-state index in [-0.39, 0.29) is 0 Å². The molecule has 2 nitrogen and oxygen atoms in total. The Labute approximate surface area is 86.3 Å². The van der Waals surface area contributed by atoms with Crippen molar-refractivity contribution in [2.45, 2.75) is 33.1 Å². The highest BCUT2D eigenvalue weighted by molar-refractivity contribution is 5.62. The summed E-state index contributed by atoms with van der Waals surface area (Å²) in [6, 6.07) is 5.74. The smallest absolute Gasteiger partial charge is 0.0370 e. The van der Waals surface area contributed by atoms with E-state index in [4.69, 9.17) is 11.5 Å². The van der Waals surface area contributed by atoms with E-state index < -0.39 is 0 Å². The summed E-state index contributed by atoms with van der Waals surface area (Å²) in [4.78, 5) is 0. The van der Waals surface area contributed by atoms with Gasteiger partial charge in [0.05, 0.1) is 0 Å². The first-order valence-corrected chi connectivity index (χ1v) is 5.16. The van der Waals surface area contributed by atoms with Crippen molar-refractivity contribution < 1.29 is 0 Å². The van der Waals surface area contributed by atoms with Gasteiger partial charge in [-0.15, -0.1) is 0 Å². The number of nitrogen functional groups attached to an aromatic ring is 2. The maximum absolute atomic E-state index is 5.92. The highest BCUT2D eigenvalue weighted by Crippen LogP contribution is 2.31. The predicted molar refractivity (Wildman–Crippen MR) is 63.1 cm³/mol. The molecule has 0 aromatic heterocycles. The molecule has 1 aromatic carbocycles. The Morgan fingerprint density at radius 3 is 2.00 bits per heavy atom. The standard InChI is InChI=1S/C12H20N2/c1-8(2)7-9(3)12-10(13)5-4-6-11(12)14/h4-6,8-9H,7,13-14H2,1-3H3. The van der Waals surface area contributed by atoms with E-state index in [9.17, 15) is 0 Å². The molecule has 0 amide bonds. The molecular formula is C12H20N2. The zero-order chi connectivity index (χ0) is 10.7. The molecule has 0 radical (unpaired) electrons. The van der Waals surface area contributed by atoms with Crippen LogP contribution in [-0.4, -0.2) is 0 Å². The summed E-state index contributed by atoms with van der Waals surface area (Å²) < 4.78 is 0. The number of rotatable bonds is 3. The van der Waals surface area contributed by atoms with Gasteiger partial charge < -0.3 is 11.5 Å². The van der Waals surface area contributed by atoms with Gasteiger partial charge in [-0.2, -0.15) is 0 Å². The molecule has 1 rings (SSSR count). The van der Waals surface area contributed by atoms with Gasteiger partial charge in [0.2, 0.25) is 0 Å². The van der Waals surface area contributed by atoms with Gasteiger partial charge in [0, 0.05) is 16.9 Å². The number of benzene rings is 1. The predicted octanol–water partition coefficient (Wildman–Crippen LogP) is 3.00. The first kappa shape index (κ1) is 10.9. The minimum atomic E-state index is 0.441. The van der Waals surface area contributed by atoms with E-state index in [1.807, 2.05) is 18.2 Å². The lowest BCUT2D eigenvalue weighted by molar-refractivity contribution is 0.525. The van der Waals surface area contributed by atoms with Gasteiger partial charge in [0.1, 0.15) is 0 Å². The lowest BCUT2D eigenvalue weighted by atomic mass is 9.90. The average molecular weight is 192 g/mol. The van der Waals surface area contributed by atoms with Gasteiger partial charge in [-0.3, -0.25) is 0 Å². The first-order chi connectivity index (χ1) is 6.52. The third-order valence-corrected chi connectivity index (χ3v) is 2.49. The Bertz CT molecular complexity index is 285. The van der Waals surface area contributed by atoms with Crippen LogP contribution in [0.1, 0.15) is 38.7 Å². The van der Waals surface area contributed by atoms with Crippen molar-refractivity contribution in [1.29, 1.82) is 0 Å². The van der Waals surface area contributed by atoms with Crippen LogP contribution in [0, 0.1) is 5.92 Å². The minimum absolute atomic E-state index is 0.441. The molecule has 4 N–H and O–H groups in total. The van der Waals surface area contributed by atoms with Crippen molar-refractivity contribution in [3.05, 3.63) is 23.8 Å². The number of anilines is 2. The van der Waals surface area contributed by atoms with Crippen molar-refractivity contribution >= 4 is 11.4 Å². The van der Waals surface area contributed by atoms with Crippen LogP contribution < -0.4 is 11.5 Å². The molecule has 0 heterocycles. The maximum atomic E-state index is 5.92. The van der Waals surface area contributed by atoms with E-state index >= 15 is 0 Å². The fourth-order valence-corrected chi connectivity index (χ4v) is 2.00. The van der Waals surface area contributed by atoms with Crippen LogP contribution in [0.15, 0.2) is 18.2 Å². The molecule has 1 atom stereocenters. The van der Waals surface area contributed by atoms with Crippen LogP contribution >= 0.6 is 0 Å². The molecule has 1 aromatic rings. The molecule has 0 saturated carbocycles. The second-order valence-corrected chi connectivity index (χ2v) is 4.38. The van der Waals surface area contributed by atoms with Crippen molar-refractivity contribution in [3.8, 4) is 0 Å². The number of hydrogen-bond acceptors (Lipinski definition) is 2. The van der Waals surface area contributed by atoms with Gasteiger partial charge in [-0.05, 0) is 30.4 Å². The van der Waals surface area contributed by atoms with Gasteiger partial charge in [-0.1, -0.05) is 26.8 Å². The fourth-order valence-electron chi connectivity index (χ4n) is 2.00. The summed E-state index contributed by atoms with van der Waals surface area (Å²) in [7, 11) is 0. The monoisotopic (exact) mass is 192 g/mol. The second-order valence-electron chi connectivity index (χ2n) is 4.38. The van der Waals surface area contributed by atoms with Crippen molar-refractivity contribution in [2.24, 2.45) is 5.92 Å². The molecular weight excluding hydrogens is 172 g/mol. The molecule has 1 unspecified atom stereocenters. The Balaban J connectivity index is 2.94. The average Bonchev–Trinajstić information content (AvgIpc) is 2.01. The van der Waals surface area contributed by atoms with Gasteiger partial charge in [-0.25, -0.2) is 0 Å².